The monoisotopic (exact) mass is 355 g/mol. The summed E-state index contributed by atoms with van der Waals surface area (Å²) in [6, 6.07) is 7.51. The van der Waals surface area contributed by atoms with Crippen molar-refractivity contribution >= 4 is 23.6 Å². The van der Waals surface area contributed by atoms with Gasteiger partial charge in [-0.1, -0.05) is 65.3 Å². The lowest BCUT2D eigenvalue weighted by Crippen LogP contribution is -2.27. The zero-order valence-electron chi connectivity index (χ0n) is 15.9. The van der Waals surface area contributed by atoms with Crippen LogP contribution in [-0.4, -0.2) is 12.0 Å². The Labute approximate surface area is 156 Å². The predicted octanol–water partition coefficient (Wildman–Crippen LogP) is 6.17. The summed E-state index contributed by atoms with van der Waals surface area (Å²) in [5.74, 6) is 0.138. The summed E-state index contributed by atoms with van der Waals surface area (Å²) in [5.41, 5.74) is 3.16. The lowest BCUT2D eigenvalue weighted by atomic mass is 9.72. The van der Waals surface area contributed by atoms with Gasteiger partial charge < -0.3 is 0 Å². The summed E-state index contributed by atoms with van der Waals surface area (Å²) in [6.07, 6.45) is 7.50. The first-order valence-corrected chi connectivity index (χ1v) is 8.84. The van der Waals surface area contributed by atoms with Gasteiger partial charge in [-0.3, -0.25) is 9.79 Å². The molecule has 132 valence electrons. The Morgan fingerprint density at radius 2 is 1.36 bits per heavy atom. The van der Waals surface area contributed by atoms with Gasteiger partial charge in [0, 0.05) is 28.6 Å². The van der Waals surface area contributed by atoms with Crippen molar-refractivity contribution in [2.45, 2.75) is 41.5 Å². The van der Waals surface area contributed by atoms with E-state index in [2.05, 4.69) is 46.5 Å². The highest BCUT2D eigenvalue weighted by atomic mass is 35.5. The zero-order valence-corrected chi connectivity index (χ0v) is 16.6. The molecule has 0 saturated heterocycles. The van der Waals surface area contributed by atoms with E-state index in [0.29, 0.717) is 5.02 Å². The number of benzene rings is 1. The lowest BCUT2D eigenvalue weighted by molar-refractivity contribution is -0.114. The van der Waals surface area contributed by atoms with Crippen LogP contribution in [0.1, 0.15) is 47.1 Å². The summed E-state index contributed by atoms with van der Waals surface area (Å²) in [4.78, 5) is 17.3. The molecule has 0 spiro atoms. The summed E-state index contributed by atoms with van der Waals surface area (Å²) in [5, 5.41) is 0.705. The molecule has 0 saturated carbocycles. The van der Waals surface area contributed by atoms with Crippen LogP contribution in [0.4, 0.5) is 0 Å². The van der Waals surface area contributed by atoms with Gasteiger partial charge in [0.15, 0.2) is 5.78 Å². The van der Waals surface area contributed by atoms with E-state index >= 15 is 0 Å². The second-order valence-electron chi connectivity index (χ2n) is 8.40. The van der Waals surface area contributed by atoms with Crippen molar-refractivity contribution in [2.75, 3.05) is 0 Å². The standard InChI is InChI=1S/C22H26ClNO/c1-21(2,3)18-11-16(12-19(20(18)25)22(4,5)6)14-24-13-15-7-9-17(23)10-8-15/h7-14H,1-6H3. The minimum Gasteiger partial charge on any atom is -0.289 e. The normalized spacial score (nSPS) is 16.1. The zero-order chi connectivity index (χ0) is 18.8. The molecular weight excluding hydrogens is 330 g/mol. The maximum Gasteiger partial charge on any atom is 0.186 e. The molecule has 1 aromatic rings. The van der Waals surface area contributed by atoms with Gasteiger partial charge in [-0.25, -0.2) is 0 Å². The Morgan fingerprint density at radius 1 is 0.880 bits per heavy atom. The number of allylic oxidation sites excluding steroid dienone is 5. The van der Waals surface area contributed by atoms with Crippen LogP contribution in [0.2, 0.25) is 5.02 Å². The van der Waals surface area contributed by atoms with Crippen molar-refractivity contribution in [3.8, 4) is 0 Å². The van der Waals surface area contributed by atoms with Crippen molar-refractivity contribution < 1.29 is 4.79 Å². The van der Waals surface area contributed by atoms with E-state index in [-0.39, 0.29) is 16.6 Å². The number of aliphatic imine (C=N–C) groups is 1. The molecule has 0 aliphatic heterocycles. The Kier molecular flexibility index (Phi) is 5.53. The number of nitrogens with zero attached hydrogens (tertiary/aromatic N) is 1. The highest BCUT2D eigenvalue weighted by Crippen LogP contribution is 2.38. The second-order valence-corrected chi connectivity index (χ2v) is 8.84. The molecule has 3 heteroatoms. The Morgan fingerprint density at radius 3 is 1.80 bits per heavy atom. The molecule has 0 aromatic heterocycles. The lowest BCUT2D eigenvalue weighted by Gasteiger charge is -2.31. The predicted molar refractivity (Wildman–Crippen MR) is 107 cm³/mol. The van der Waals surface area contributed by atoms with Gasteiger partial charge in [0.05, 0.1) is 0 Å². The molecule has 2 nitrogen and oxygen atoms in total. The molecule has 0 fully saturated rings. The number of hydrogen-bond acceptors (Lipinski definition) is 2. The van der Waals surface area contributed by atoms with Gasteiger partial charge in [0.2, 0.25) is 0 Å². The van der Waals surface area contributed by atoms with Crippen molar-refractivity contribution in [1.82, 2.24) is 0 Å². The van der Waals surface area contributed by atoms with E-state index in [4.69, 9.17) is 11.6 Å². The third kappa shape index (κ3) is 5.02. The molecule has 2 rings (SSSR count). The van der Waals surface area contributed by atoms with E-state index in [1.54, 1.807) is 12.4 Å². The van der Waals surface area contributed by atoms with Crippen LogP contribution < -0.4 is 0 Å². The van der Waals surface area contributed by atoms with Gasteiger partial charge in [-0.05, 0) is 46.3 Å². The van der Waals surface area contributed by atoms with Crippen LogP contribution in [0.3, 0.4) is 0 Å². The van der Waals surface area contributed by atoms with Crippen LogP contribution in [-0.2, 0) is 4.79 Å². The van der Waals surface area contributed by atoms with Crippen LogP contribution in [0.25, 0.3) is 0 Å². The number of ketones is 1. The largest absolute Gasteiger partial charge is 0.289 e. The van der Waals surface area contributed by atoms with Gasteiger partial charge in [-0.2, -0.15) is 0 Å². The van der Waals surface area contributed by atoms with Crippen LogP contribution in [0.5, 0.6) is 0 Å². The maximum absolute atomic E-state index is 12.9. The Bertz CT molecular complexity index is 743. The molecule has 0 atom stereocenters. The third-order valence-corrected chi connectivity index (χ3v) is 4.30. The number of Topliss-reactive ketones (excluding diaryl/α,β-unsaturated/α-hetero) is 1. The number of halogens is 1. The van der Waals surface area contributed by atoms with E-state index < -0.39 is 0 Å². The van der Waals surface area contributed by atoms with Crippen molar-refractivity contribution in [2.24, 2.45) is 15.8 Å². The minimum atomic E-state index is -0.208. The molecule has 0 heterocycles. The summed E-state index contributed by atoms with van der Waals surface area (Å²) in [7, 11) is 0. The molecule has 0 N–H and O–H groups in total. The average molecular weight is 356 g/mol. The van der Waals surface area contributed by atoms with E-state index in [1.807, 2.05) is 36.4 Å². The number of hydrogen-bond donors (Lipinski definition) is 0. The molecule has 1 aliphatic rings. The summed E-state index contributed by atoms with van der Waals surface area (Å²) >= 11 is 5.89. The number of rotatable bonds is 2. The SMILES string of the molecule is CC(C)(C)C1=CC(=CN=Cc2ccc(Cl)cc2)C=C(C(C)(C)C)C1=O. The summed E-state index contributed by atoms with van der Waals surface area (Å²) < 4.78 is 0. The highest BCUT2D eigenvalue weighted by Gasteiger charge is 2.33. The van der Waals surface area contributed by atoms with E-state index in [0.717, 1.165) is 22.3 Å². The third-order valence-electron chi connectivity index (χ3n) is 4.04. The first-order valence-electron chi connectivity index (χ1n) is 8.46. The van der Waals surface area contributed by atoms with Crippen molar-refractivity contribution in [3.05, 3.63) is 69.9 Å². The Hall–Kier alpha value is -1.93. The van der Waals surface area contributed by atoms with Crippen LogP contribution >= 0.6 is 11.6 Å². The molecule has 1 aliphatic carbocycles. The van der Waals surface area contributed by atoms with Crippen molar-refractivity contribution in [1.29, 1.82) is 0 Å². The molecule has 0 unspecified atom stereocenters. The smallest absolute Gasteiger partial charge is 0.186 e. The fourth-order valence-corrected chi connectivity index (χ4v) is 2.72. The fraction of sp³-hybridized carbons (Fsp3) is 0.364. The Balaban J connectivity index is 2.39. The second kappa shape index (κ2) is 7.13. The van der Waals surface area contributed by atoms with Gasteiger partial charge in [0.1, 0.15) is 0 Å². The van der Waals surface area contributed by atoms with Crippen LogP contribution in [0.15, 0.2) is 64.3 Å². The molecule has 0 amide bonds. The van der Waals surface area contributed by atoms with Gasteiger partial charge >= 0.3 is 0 Å². The minimum absolute atomic E-state index is 0.138. The number of carbonyl (C=O) groups excluding carboxylic acids is 1. The van der Waals surface area contributed by atoms with Gasteiger partial charge in [0.25, 0.3) is 0 Å². The van der Waals surface area contributed by atoms with E-state index in [1.165, 1.54) is 0 Å². The molecular formula is C22H26ClNO. The highest BCUT2D eigenvalue weighted by molar-refractivity contribution is 6.30. The molecule has 25 heavy (non-hydrogen) atoms. The van der Waals surface area contributed by atoms with Crippen LogP contribution in [0, 0.1) is 10.8 Å². The molecule has 1 aromatic carbocycles. The quantitative estimate of drug-likeness (QED) is 0.583. The number of carbonyl (C=O) groups is 1. The van der Waals surface area contributed by atoms with Crippen molar-refractivity contribution in [3.63, 3.8) is 0 Å². The summed E-state index contributed by atoms with van der Waals surface area (Å²) in [6.45, 7) is 12.4. The van der Waals surface area contributed by atoms with Gasteiger partial charge in [-0.15, -0.1) is 0 Å². The molecule has 0 radical (unpaired) electrons. The first kappa shape index (κ1) is 19.4. The fourth-order valence-electron chi connectivity index (χ4n) is 2.60. The molecule has 0 bridgehead atoms. The first-order chi connectivity index (χ1) is 11.5. The maximum atomic E-state index is 12.9. The van der Waals surface area contributed by atoms with E-state index in [9.17, 15) is 4.79 Å². The average Bonchev–Trinajstić information content (AvgIpc) is 2.48. The topological polar surface area (TPSA) is 29.4 Å².